The molecule has 0 fully saturated rings. The van der Waals surface area contributed by atoms with Crippen molar-refractivity contribution in [2.75, 3.05) is 6.61 Å². The fraction of sp³-hybridized carbons (Fsp3) is 0.375. The number of hydrogen-bond acceptors (Lipinski definition) is 4. The molecule has 1 heterocycles. The minimum absolute atomic E-state index is 0.0827. The summed E-state index contributed by atoms with van der Waals surface area (Å²) in [6.45, 7) is 6.54. The zero-order valence-electron chi connectivity index (χ0n) is 12.3. The van der Waals surface area contributed by atoms with Crippen LogP contribution in [-0.4, -0.2) is 22.6 Å². The average molecular weight is 271 g/mol. The van der Waals surface area contributed by atoms with E-state index in [4.69, 9.17) is 10.5 Å². The molecule has 0 radical (unpaired) electrons. The van der Waals surface area contributed by atoms with Crippen molar-refractivity contribution in [2.24, 2.45) is 5.73 Å². The predicted molar refractivity (Wildman–Crippen MR) is 80.7 cm³/mol. The molecule has 4 heteroatoms. The summed E-state index contributed by atoms with van der Waals surface area (Å²) in [5.74, 6) is 1.51. The molecule has 106 valence electrons. The normalized spacial score (nSPS) is 12.2. The lowest BCUT2D eigenvalue weighted by molar-refractivity contribution is 0.341. The van der Waals surface area contributed by atoms with Crippen molar-refractivity contribution in [1.29, 1.82) is 0 Å². The lowest BCUT2D eigenvalue weighted by atomic mass is 10.1. The Morgan fingerprint density at radius 3 is 2.70 bits per heavy atom. The molecule has 2 rings (SSSR count). The van der Waals surface area contributed by atoms with Crippen LogP contribution in [0.2, 0.25) is 0 Å². The maximum Gasteiger partial charge on any atom is 0.163 e. The second kappa shape index (κ2) is 6.48. The van der Waals surface area contributed by atoms with E-state index in [1.165, 1.54) is 0 Å². The van der Waals surface area contributed by atoms with E-state index in [1.54, 1.807) is 0 Å². The van der Waals surface area contributed by atoms with Crippen molar-refractivity contribution in [3.8, 4) is 17.1 Å². The van der Waals surface area contributed by atoms with Gasteiger partial charge in [-0.05, 0) is 39.0 Å². The lowest BCUT2D eigenvalue weighted by Crippen LogP contribution is -2.19. The highest BCUT2D eigenvalue weighted by Gasteiger charge is 2.11. The van der Waals surface area contributed by atoms with Gasteiger partial charge in [-0.1, -0.05) is 12.1 Å². The molecule has 1 unspecified atom stereocenters. The number of ether oxygens (including phenoxy) is 1. The molecule has 1 aromatic carbocycles. The third kappa shape index (κ3) is 3.54. The number of aryl methyl sites for hydroxylation is 1. The van der Waals surface area contributed by atoms with Crippen molar-refractivity contribution in [2.45, 2.75) is 33.2 Å². The standard InChI is InChI=1S/C16H21N3O/c1-4-20-15-8-6-5-7-14(15)16-18-12(3)10-13(19-16)9-11(2)17/h5-8,10-11H,4,9,17H2,1-3H3. The van der Waals surface area contributed by atoms with Gasteiger partial charge in [0.2, 0.25) is 0 Å². The van der Waals surface area contributed by atoms with Crippen LogP contribution in [0.15, 0.2) is 30.3 Å². The van der Waals surface area contributed by atoms with E-state index < -0.39 is 0 Å². The van der Waals surface area contributed by atoms with Crippen LogP contribution in [0.3, 0.4) is 0 Å². The van der Waals surface area contributed by atoms with E-state index in [2.05, 4.69) is 9.97 Å². The van der Waals surface area contributed by atoms with Crippen molar-refractivity contribution < 1.29 is 4.74 Å². The number of nitrogens with two attached hydrogens (primary N) is 1. The summed E-state index contributed by atoms with van der Waals surface area (Å²) < 4.78 is 5.65. The van der Waals surface area contributed by atoms with Crippen LogP contribution in [0.25, 0.3) is 11.4 Å². The molecule has 0 aliphatic rings. The summed E-state index contributed by atoms with van der Waals surface area (Å²) in [6, 6.07) is 9.91. The second-order valence-electron chi connectivity index (χ2n) is 4.93. The third-order valence-corrected chi connectivity index (χ3v) is 2.87. The molecule has 0 aliphatic carbocycles. The van der Waals surface area contributed by atoms with Crippen LogP contribution >= 0.6 is 0 Å². The fourth-order valence-corrected chi connectivity index (χ4v) is 2.12. The van der Waals surface area contributed by atoms with E-state index in [-0.39, 0.29) is 6.04 Å². The Labute approximate surface area is 120 Å². The molecular formula is C16H21N3O. The lowest BCUT2D eigenvalue weighted by Gasteiger charge is -2.11. The smallest absolute Gasteiger partial charge is 0.163 e. The van der Waals surface area contributed by atoms with Gasteiger partial charge < -0.3 is 10.5 Å². The maximum absolute atomic E-state index is 5.86. The van der Waals surface area contributed by atoms with Gasteiger partial charge in [0.05, 0.1) is 12.2 Å². The van der Waals surface area contributed by atoms with E-state index in [0.29, 0.717) is 12.4 Å². The molecule has 1 atom stereocenters. The van der Waals surface area contributed by atoms with Gasteiger partial charge in [0, 0.05) is 23.9 Å². The molecule has 0 spiro atoms. The molecule has 0 bridgehead atoms. The van der Waals surface area contributed by atoms with Crippen LogP contribution in [0.5, 0.6) is 5.75 Å². The second-order valence-corrected chi connectivity index (χ2v) is 4.93. The first-order valence-corrected chi connectivity index (χ1v) is 6.92. The van der Waals surface area contributed by atoms with Gasteiger partial charge in [0.1, 0.15) is 5.75 Å². The number of benzene rings is 1. The van der Waals surface area contributed by atoms with Gasteiger partial charge in [0.25, 0.3) is 0 Å². The van der Waals surface area contributed by atoms with Crippen molar-refractivity contribution >= 4 is 0 Å². The Bertz CT molecular complexity index is 582. The summed E-state index contributed by atoms with van der Waals surface area (Å²) in [4.78, 5) is 9.14. The molecule has 20 heavy (non-hydrogen) atoms. The van der Waals surface area contributed by atoms with Crippen molar-refractivity contribution in [3.05, 3.63) is 41.7 Å². The zero-order valence-corrected chi connectivity index (χ0v) is 12.3. The summed E-state index contributed by atoms with van der Waals surface area (Å²) in [6.07, 6.45) is 0.743. The first kappa shape index (κ1) is 14.5. The summed E-state index contributed by atoms with van der Waals surface area (Å²) in [5.41, 5.74) is 8.68. The van der Waals surface area contributed by atoms with E-state index in [1.807, 2.05) is 51.1 Å². The molecule has 2 N–H and O–H groups in total. The number of nitrogens with zero attached hydrogens (tertiary/aromatic N) is 2. The molecule has 4 nitrogen and oxygen atoms in total. The van der Waals surface area contributed by atoms with Gasteiger partial charge in [-0.15, -0.1) is 0 Å². The highest BCUT2D eigenvalue weighted by molar-refractivity contribution is 5.64. The average Bonchev–Trinajstić information content (AvgIpc) is 2.38. The van der Waals surface area contributed by atoms with Crippen LogP contribution in [-0.2, 0) is 6.42 Å². The fourth-order valence-electron chi connectivity index (χ4n) is 2.12. The van der Waals surface area contributed by atoms with E-state index in [9.17, 15) is 0 Å². The van der Waals surface area contributed by atoms with Crippen LogP contribution in [0.4, 0.5) is 0 Å². The van der Waals surface area contributed by atoms with Crippen molar-refractivity contribution in [1.82, 2.24) is 9.97 Å². The van der Waals surface area contributed by atoms with Gasteiger partial charge in [-0.2, -0.15) is 0 Å². The van der Waals surface area contributed by atoms with E-state index in [0.717, 1.165) is 29.1 Å². The van der Waals surface area contributed by atoms with Crippen LogP contribution in [0.1, 0.15) is 25.2 Å². The Hall–Kier alpha value is -1.94. The molecule has 0 amide bonds. The summed E-state index contributed by atoms with van der Waals surface area (Å²) in [5, 5.41) is 0. The first-order valence-electron chi connectivity index (χ1n) is 6.92. The predicted octanol–water partition coefficient (Wildman–Crippen LogP) is 2.74. The Balaban J connectivity index is 2.44. The number of para-hydroxylation sites is 1. The quantitative estimate of drug-likeness (QED) is 0.908. The zero-order chi connectivity index (χ0) is 14.5. The van der Waals surface area contributed by atoms with Crippen LogP contribution in [0, 0.1) is 6.92 Å². The monoisotopic (exact) mass is 271 g/mol. The van der Waals surface area contributed by atoms with Gasteiger partial charge in [-0.25, -0.2) is 9.97 Å². The molecular weight excluding hydrogens is 250 g/mol. The van der Waals surface area contributed by atoms with E-state index >= 15 is 0 Å². The maximum atomic E-state index is 5.86. The highest BCUT2D eigenvalue weighted by atomic mass is 16.5. The molecule has 0 saturated carbocycles. The van der Waals surface area contributed by atoms with Gasteiger partial charge >= 0.3 is 0 Å². The Morgan fingerprint density at radius 2 is 2.00 bits per heavy atom. The first-order chi connectivity index (χ1) is 9.60. The number of hydrogen-bond donors (Lipinski definition) is 1. The molecule has 0 saturated heterocycles. The van der Waals surface area contributed by atoms with Crippen LogP contribution < -0.4 is 10.5 Å². The van der Waals surface area contributed by atoms with Crippen molar-refractivity contribution in [3.63, 3.8) is 0 Å². The topological polar surface area (TPSA) is 61.0 Å². The summed E-state index contributed by atoms with van der Waals surface area (Å²) in [7, 11) is 0. The van der Waals surface area contributed by atoms with Gasteiger partial charge in [-0.3, -0.25) is 0 Å². The van der Waals surface area contributed by atoms with Gasteiger partial charge in [0.15, 0.2) is 5.82 Å². The minimum Gasteiger partial charge on any atom is -0.493 e. The minimum atomic E-state index is 0.0827. The Morgan fingerprint density at radius 1 is 1.25 bits per heavy atom. The Kier molecular flexibility index (Phi) is 4.69. The number of aromatic nitrogens is 2. The SMILES string of the molecule is CCOc1ccccc1-c1nc(C)cc(CC(C)N)n1. The number of rotatable bonds is 5. The summed E-state index contributed by atoms with van der Waals surface area (Å²) >= 11 is 0. The molecule has 2 aromatic rings. The largest absolute Gasteiger partial charge is 0.493 e. The highest BCUT2D eigenvalue weighted by Crippen LogP contribution is 2.27. The molecule has 1 aromatic heterocycles. The molecule has 0 aliphatic heterocycles. The third-order valence-electron chi connectivity index (χ3n) is 2.87.